The van der Waals surface area contributed by atoms with Gasteiger partial charge in [0.05, 0.1) is 11.3 Å². The monoisotopic (exact) mass is 295 g/mol. The molecule has 0 atom stereocenters. The summed E-state index contributed by atoms with van der Waals surface area (Å²) in [7, 11) is 0. The summed E-state index contributed by atoms with van der Waals surface area (Å²) in [5, 5.41) is 2.22. The lowest BCUT2D eigenvalue weighted by molar-refractivity contribution is -0.136. The molecule has 0 aliphatic carbocycles. The number of rotatable bonds is 2. The average Bonchev–Trinajstić information content (AvgIpc) is 2.40. The molecule has 3 N–H and O–H groups in total. The highest BCUT2D eigenvalue weighted by Crippen LogP contribution is 2.36. The Bertz CT molecular complexity index is 683. The number of anilines is 2. The number of amides is 1. The molecule has 4 nitrogen and oxygen atoms in total. The Labute approximate surface area is 118 Å². The maximum absolute atomic E-state index is 12.9. The number of halogens is 3. The summed E-state index contributed by atoms with van der Waals surface area (Å²) in [6.45, 7) is 1.65. The van der Waals surface area contributed by atoms with Gasteiger partial charge in [-0.15, -0.1) is 0 Å². The molecule has 0 fully saturated rings. The summed E-state index contributed by atoms with van der Waals surface area (Å²) in [4.78, 5) is 15.9. The van der Waals surface area contributed by atoms with Crippen molar-refractivity contribution in [3.8, 4) is 0 Å². The molecule has 2 aromatic rings. The smallest absolute Gasteiger partial charge is 0.399 e. The first kappa shape index (κ1) is 14.8. The van der Waals surface area contributed by atoms with E-state index in [1.807, 2.05) is 0 Å². The second-order valence-corrected chi connectivity index (χ2v) is 4.43. The lowest BCUT2D eigenvalue weighted by atomic mass is 10.1. The fourth-order valence-electron chi connectivity index (χ4n) is 1.81. The Hall–Kier alpha value is -2.57. The molecule has 1 amide bonds. The lowest BCUT2D eigenvalue weighted by Crippen LogP contribution is -2.18. The average molecular weight is 295 g/mol. The number of hydrogen-bond donors (Lipinski definition) is 2. The standard InChI is InChI=1S/C14H12F3N3O/c1-8-3-2-6-19-12(8)13(21)20-11-5-4-9(18)7-10(11)14(15,16)17/h2-7H,18H2,1H3,(H,20,21). The minimum Gasteiger partial charge on any atom is -0.399 e. The van der Waals surface area contributed by atoms with Crippen LogP contribution in [0.3, 0.4) is 0 Å². The van der Waals surface area contributed by atoms with Crippen molar-refractivity contribution in [3.05, 3.63) is 53.3 Å². The van der Waals surface area contributed by atoms with Crippen molar-refractivity contribution in [2.24, 2.45) is 0 Å². The fourth-order valence-corrected chi connectivity index (χ4v) is 1.81. The predicted molar refractivity (Wildman–Crippen MR) is 72.8 cm³/mol. The Morgan fingerprint density at radius 1 is 1.29 bits per heavy atom. The molecular weight excluding hydrogens is 283 g/mol. The van der Waals surface area contributed by atoms with Crippen LogP contribution in [-0.2, 0) is 6.18 Å². The number of hydrogen-bond acceptors (Lipinski definition) is 3. The van der Waals surface area contributed by atoms with E-state index in [0.29, 0.717) is 5.56 Å². The number of nitrogen functional groups attached to an aromatic ring is 1. The molecule has 0 spiro atoms. The first-order valence-corrected chi connectivity index (χ1v) is 5.98. The van der Waals surface area contributed by atoms with Crippen LogP contribution in [0.1, 0.15) is 21.6 Å². The van der Waals surface area contributed by atoms with E-state index >= 15 is 0 Å². The van der Waals surface area contributed by atoms with Gasteiger partial charge >= 0.3 is 6.18 Å². The maximum atomic E-state index is 12.9. The maximum Gasteiger partial charge on any atom is 0.418 e. The number of benzene rings is 1. The van der Waals surface area contributed by atoms with Crippen LogP contribution < -0.4 is 11.1 Å². The largest absolute Gasteiger partial charge is 0.418 e. The van der Waals surface area contributed by atoms with Crippen LogP contribution in [0, 0.1) is 6.92 Å². The number of nitrogens with two attached hydrogens (primary N) is 1. The molecule has 0 aliphatic heterocycles. The number of nitrogens with one attached hydrogen (secondary N) is 1. The molecule has 0 aliphatic rings. The third kappa shape index (κ3) is 3.31. The summed E-state index contributed by atoms with van der Waals surface area (Å²) in [6.07, 6.45) is -3.22. The number of carbonyl (C=O) groups excluding carboxylic acids is 1. The van der Waals surface area contributed by atoms with Gasteiger partial charge in [0.2, 0.25) is 0 Å². The van der Waals surface area contributed by atoms with E-state index in [4.69, 9.17) is 5.73 Å². The van der Waals surface area contributed by atoms with E-state index in [2.05, 4.69) is 10.3 Å². The normalized spacial score (nSPS) is 11.2. The number of alkyl halides is 3. The van der Waals surface area contributed by atoms with E-state index in [0.717, 1.165) is 12.1 Å². The fraction of sp³-hybridized carbons (Fsp3) is 0.143. The summed E-state index contributed by atoms with van der Waals surface area (Å²) in [5.41, 5.74) is 4.62. The van der Waals surface area contributed by atoms with Gasteiger partial charge in [-0.2, -0.15) is 13.2 Å². The number of nitrogens with zero attached hydrogens (tertiary/aromatic N) is 1. The van der Waals surface area contributed by atoms with Crippen molar-refractivity contribution in [1.29, 1.82) is 0 Å². The highest BCUT2D eigenvalue weighted by atomic mass is 19.4. The molecule has 1 aromatic heterocycles. The summed E-state index contributed by atoms with van der Waals surface area (Å²) in [6, 6.07) is 6.47. The molecule has 21 heavy (non-hydrogen) atoms. The number of aromatic nitrogens is 1. The SMILES string of the molecule is Cc1cccnc1C(=O)Nc1ccc(N)cc1C(F)(F)F. The Balaban J connectivity index is 2.36. The molecule has 0 unspecified atom stereocenters. The summed E-state index contributed by atoms with van der Waals surface area (Å²) < 4.78 is 38.8. The summed E-state index contributed by atoms with van der Waals surface area (Å²) >= 11 is 0. The zero-order valence-corrected chi connectivity index (χ0v) is 11.0. The highest BCUT2D eigenvalue weighted by Gasteiger charge is 2.34. The predicted octanol–water partition coefficient (Wildman–Crippen LogP) is 3.24. The van der Waals surface area contributed by atoms with Gasteiger partial charge in [0, 0.05) is 11.9 Å². The van der Waals surface area contributed by atoms with E-state index in [1.54, 1.807) is 19.1 Å². The summed E-state index contributed by atoms with van der Waals surface area (Å²) in [5.74, 6) is -0.705. The first-order chi connectivity index (χ1) is 9.79. The van der Waals surface area contributed by atoms with E-state index in [1.165, 1.54) is 12.3 Å². The van der Waals surface area contributed by atoms with Gasteiger partial charge in [-0.25, -0.2) is 0 Å². The molecule has 7 heteroatoms. The van der Waals surface area contributed by atoms with Crippen molar-refractivity contribution in [2.45, 2.75) is 13.1 Å². The van der Waals surface area contributed by atoms with Crippen molar-refractivity contribution >= 4 is 17.3 Å². The molecular formula is C14H12F3N3O. The molecule has 0 radical (unpaired) electrons. The highest BCUT2D eigenvalue weighted by molar-refractivity contribution is 6.04. The molecule has 110 valence electrons. The van der Waals surface area contributed by atoms with Crippen molar-refractivity contribution < 1.29 is 18.0 Å². The Morgan fingerprint density at radius 3 is 2.62 bits per heavy atom. The second kappa shape index (κ2) is 5.43. The molecule has 1 aromatic carbocycles. The number of carbonyl (C=O) groups is 1. The second-order valence-electron chi connectivity index (χ2n) is 4.43. The third-order valence-corrected chi connectivity index (χ3v) is 2.82. The van der Waals surface area contributed by atoms with Crippen LogP contribution in [0.5, 0.6) is 0 Å². The van der Waals surface area contributed by atoms with Crippen LogP contribution in [0.4, 0.5) is 24.5 Å². The quantitative estimate of drug-likeness (QED) is 0.836. The Morgan fingerprint density at radius 2 is 2.00 bits per heavy atom. The van der Waals surface area contributed by atoms with Crippen LogP contribution >= 0.6 is 0 Å². The van der Waals surface area contributed by atoms with Crippen molar-refractivity contribution in [3.63, 3.8) is 0 Å². The lowest BCUT2D eigenvalue weighted by Gasteiger charge is -2.14. The van der Waals surface area contributed by atoms with Crippen molar-refractivity contribution in [1.82, 2.24) is 4.98 Å². The van der Waals surface area contributed by atoms with Gasteiger partial charge in [0.1, 0.15) is 5.69 Å². The van der Waals surface area contributed by atoms with Gasteiger partial charge in [-0.1, -0.05) is 6.07 Å². The van der Waals surface area contributed by atoms with E-state index in [-0.39, 0.29) is 17.1 Å². The number of pyridine rings is 1. The van der Waals surface area contributed by atoms with Gasteiger partial charge in [-0.3, -0.25) is 9.78 Å². The Kier molecular flexibility index (Phi) is 3.84. The van der Waals surface area contributed by atoms with Crippen LogP contribution in [0.25, 0.3) is 0 Å². The molecule has 0 bridgehead atoms. The van der Waals surface area contributed by atoms with Gasteiger partial charge in [-0.05, 0) is 36.8 Å². The van der Waals surface area contributed by atoms with E-state index < -0.39 is 17.6 Å². The van der Waals surface area contributed by atoms with Crippen LogP contribution in [-0.4, -0.2) is 10.9 Å². The minimum atomic E-state index is -4.61. The zero-order valence-electron chi connectivity index (χ0n) is 11.0. The van der Waals surface area contributed by atoms with Crippen molar-refractivity contribution in [2.75, 3.05) is 11.1 Å². The van der Waals surface area contributed by atoms with Gasteiger partial charge in [0.15, 0.2) is 0 Å². The molecule has 1 heterocycles. The topological polar surface area (TPSA) is 68.0 Å². The van der Waals surface area contributed by atoms with Crippen LogP contribution in [0.2, 0.25) is 0 Å². The van der Waals surface area contributed by atoms with Crippen LogP contribution in [0.15, 0.2) is 36.5 Å². The molecule has 0 saturated heterocycles. The van der Waals surface area contributed by atoms with Gasteiger partial charge in [0.25, 0.3) is 5.91 Å². The third-order valence-electron chi connectivity index (χ3n) is 2.82. The molecule has 2 rings (SSSR count). The zero-order chi connectivity index (χ0) is 15.6. The molecule has 0 saturated carbocycles. The first-order valence-electron chi connectivity index (χ1n) is 5.98. The van der Waals surface area contributed by atoms with E-state index in [9.17, 15) is 18.0 Å². The van der Waals surface area contributed by atoms with Gasteiger partial charge < -0.3 is 11.1 Å². The minimum absolute atomic E-state index is 0.0330. The number of aryl methyl sites for hydroxylation is 1.